The molecule has 1 saturated carbocycles. The highest BCUT2D eigenvalue weighted by Crippen LogP contribution is 2.41. The van der Waals surface area contributed by atoms with Crippen molar-refractivity contribution in [1.29, 1.82) is 0 Å². The molecule has 4 rings (SSSR count). The number of rotatable bonds is 2. The van der Waals surface area contributed by atoms with Crippen LogP contribution in [0.4, 0.5) is 5.82 Å². The first-order valence-electron chi connectivity index (χ1n) is 7.56. The fraction of sp³-hybridized carbons (Fsp3) is 0.438. The Morgan fingerprint density at radius 1 is 1.19 bits per heavy atom. The van der Waals surface area contributed by atoms with Gasteiger partial charge in [0.1, 0.15) is 5.82 Å². The Labute approximate surface area is 134 Å². The number of hydrogen-bond acceptors (Lipinski definition) is 2. The first kappa shape index (κ1) is 13.5. The normalized spacial score (nSPS) is 18.0. The number of nitrogens with one attached hydrogen (secondary N) is 1. The fourth-order valence-corrected chi connectivity index (χ4v) is 3.93. The third kappa shape index (κ3) is 2.14. The van der Waals surface area contributed by atoms with E-state index in [1.54, 1.807) is 0 Å². The summed E-state index contributed by atoms with van der Waals surface area (Å²) < 4.78 is 1.95. The average Bonchev–Trinajstić information content (AvgIpc) is 3.17. The molecule has 0 amide bonds. The van der Waals surface area contributed by atoms with Crippen LogP contribution in [-0.2, 0) is 6.42 Å². The zero-order valence-electron chi connectivity index (χ0n) is 11.7. The van der Waals surface area contributed by atoms with Crippen LogP contribution in [0, 0.1) is 0 Å². The number of benzene rings is 1. The monoisotopic (exact) mass is 321 g/mol. The quantitative estimate of drug-likeness (QED) is 0.860. The van der Waals surface area contributed by atoms with Crippen LogP contribution < -0.4 is 5.32 Å². The second-order valence-corrected chi connectivity index (χ2v) is 6.64. The van der Waals surface area contributed by atoms with E-state index in [0.29, 0.717) is 16.0 Å². The van der Waals surface area contributed by atoms with Gasteiger partial charge in [-0.15, -0.1) is 0 Å². The molecule has 3 nitrogen and oxygen atoms in total. The summed E-state index contributed by atoms with van der Waals surface area (Å²) in [6, 6.07) is 5.70. The van der Waals surface area contributed by atoms with Crippen molar-refractivity contribution in [2.75, 3.05) is 11.9 Å². The van der Waals surface area contributed by atoms with E-state index in [0.717, 1.165) is 24.5 Å². The predicted octanol–water partition coefficient (Wildman–Crippen LogP) is 4.80. The van der Waals surface area contributed by atoms with Crippen molar-refractivity contribution in [2.45, 2.75) is 38.0 Å². The largest absolute Gasteiger partial charge is 0.369 e. The highest BCUT2D eigenvalue weighted by Gasteiger charge is 2.29. The molecule has 1 aromatic carbocycles. The standard InChI is InChI=1S/C16H17Cl2N3/c17-12-6-3-7-13(14(12)18)21-16-11(8-9-19-16)15(20-21)10-4-1-2-5-10/h3,6-7,10,19H,1-2,4-5,8-9H2. The van der Waals surface area contributed by atoms with Gasteiger partial charge in [-0.1, -0.05) is 42.1 Å². The molecule has 1 fully saturated rings. The Morgan fingerprint density at radius 2 is 2.00 bits per heavy atom. The Hall–Kier alpha value is -1.19. The Balaban J connectivity index is 1.86. The third-order valence-corrected chi connectivity index (χ3v) is 5.39. The van der Waals surface area contributed by atoms with Gasteiger partial charge in [0.05, 0.1) is 21.4 Å². The number of aromatic nitrogens is 2. The molecule has 0 saturated heterocycles. The molecule has 21 heavy (non-hydrogen) atoms. The third-order valence-electron chi connectivity index (χ3n) is 4.58. The second kappa shape index (κ2) is 5.22. The van der Waals surface area contributed by atoms with Gasteiger partial charge in [0.2, 0.25) is 0 Å². The summed E-state index contributed by atoms with van der Waals surface area (Å²) in [6.07, 6.45) is 6.20. The second-order valence-electron chi connectivity index (χ2n) is 5.86. The van der Waals surface area contributed by atoms with E-state index in [-0.39, 0.29) is 0 Å². The van der Waals surface area contributed by atoms with Gasteiger partial charge in [0, 0.05) is 18.0 Å². The van der Waals surface area contributed by atoms with Crippen molar-refractivity contribution in [3.8, 4) is 5.69 Å². The lowest BCUT2D eigenvalue weighted by Gasteiger charge is -2.10. The maximum atomic E-state index is 6.38. The van der Waals surface area contributed by atoms with E-state index in [2.05, 4.69) is 5.32 Å². The maximum Gasteiger partial charge on any atom is 0.133 e. The van der Waals surface area contributed by atoms with Gasteiger partial charge in [0.15, 0.2) is 0 Å². The number of hydrogen-bond donors (Lipinski definition) is 1. The van der Waals surface area contributed by atoms with Crippen LogP contribution >= 0.6 is 23.2 Å². The Kier molecular flexibility index (Phi) is 3.35. The topological polar surface area (TPSA) is 29.9 Å². The van der Waals surface area contributed by atoms with Crippen molar-refractivity contribution in [3.63, 3.8) is 0 Å². The molecule has 0 spiro atoms. The van der Waals surface area contributed by atoms with Crippen molar-refractivity contribution < 1.29 is 0 Å². The molecule has 1 aromatic heterocycles. The molecular weight excluding hydrogens is 305 g/mol. The molecule has 2 heterocycles. The molecule has 1 N–H and O–H groups in total. The number of anilines is 1. The first-order valence-corrected chi connectivity index (χ1v) is 8.31. The van der Waals surface area contributed by atoms with Crippen LogP contribution in [0.3, 0.4) is 0 Å². The molecule has 0 atom stereocenters. The van der Waals surface area contributed by atoms with E-state index in [9.17, 15) is 0 Å². The van der Waals surface area contributed by atoms with Gasteiger partial charge in [-0.25, -0.2) is 4.68 Å². The number of nitrogens with zero attached hydrogens (tertiary/aromatic N) is 2. The van der Waals surface area contributed by atoms with Crippen LogP contribution in [0.5, 0.6) is 0 Å². The average molecular weight is 322 g/mol. The lowest BCUT2D eigenvalue weighted by molar-refractivity contribution is 0.670. The molecule has 0 radical (unpaired) electrons. The van der Waals surface area contributed by atoms with E-state index in [1.807, 2.05) is 22.9 Å². The summed E-state index contributed by atoms with van der Waals surface area (Å²) in [6.45, 7) is 0.977. The minimum atomic E-state index is 0.566. The van der Waals surface area contributed by atoms with Crippen LogP contribution in [0.15, 0.2) is 18.2 Å². The van der Waals surface area contributed by atoms with Gasteiger partial charge < -0.3 is 5.32 Å². The highest BCUT2D eigenvalue weighted by atomic mass is 35.5. The summed E-state index contributed by atoms with van der Waals surface area (Å²) in [5, 5.41) is 9.49. The molecule has 1 aliphatic carbocycles. The van der Waals surface area contributed by atoms with E-state index < -0.39 is 0 Å². The van der Waals surface area contributed by atoms with Gasteiger partial charge in [0.25, 0.3) is 0 Å². The molecular formula is C16H17Cl2N3. The lowest BCUT2D eigenvalue weighted by atomic mass is 9.99. The van der Waals surface area contributed by atoms with E-state index in [1.165, 1.54) is 36.9 Å². The highest BCUT2D eigenvalue weighted by molar-refractivity contribution is 6.43. The summed E-state index contributed by atoms with van der Waals surface area (Å²) in [5.41, 5.74) is 3.50. The minimum absolute atomic E-state index is 0.566. The number of fused-ring (bicyclic) bond motifs is 1. The maximum absolute atomic E-state index is 6.38. The minimum Gasteiger partial charge on any atom is -0.369 e. The van der Waals surface area contributed by atoms with Crippen molar-refractivity contribution in [3.05, 3.63) is 39.5 Å². The molecule has 1 aliphatic heterocycles. The first-order chi connectivity index (χ1) is 10.3. The Morgan fingerprint density at radius 3 is 2.81 bits per heavy atom. The van der Waals surface area contributed by atoms with Crippen molar-refractivity contribution >= 4 is 29.0 Å². The van der Waals surface area contributed by atoms with Gasteiger partial charge in [-0.05, 0) is 31.4 Å². The molecule has 0 bridgehead atoms. The van der Waals surface area contributed by atoms with Crippen LogP contribution in [0.1, 0.15) is 42.9 Å². The molecule has 5 heteroatoms. The zero-order chi connectivity index (χ0) is 14.4. The van der Waals surface area contributed by atoms with Gasteiger partial charge >= 0.3 is 0 Å². The van der Waals surface area contributed by atoms with Gasteiger partial charge in [-0.2, -0.15) is 5.10 Å². The lowest BCUT2D eigenvalue weighted by Crippen LogP contribution is -2.06. The van der Waals surface area contributed by atoms with Crippen molar-refractivity contribution in [2.24, 2.45) is 0 Å². The molecule has 2 aromatic rings. The molecule has 0 unspecified atom stereocenters. The molecule has 2 aliphatic rings. The summed E-state index contributed by atoms with van der Waals surface area (Å²) in [5.74, 6) is 1.71. The molecule has 110 valence electrons. The predicted molar refractivity (Wildman–Crippen MR) is 87.0 cm³/mol. The van der Waals surface area contributed by atoms with Gasteiger partial charge in [-0.3, -0.25) is 0 Å². The van der Waals surface area contributed by atoms with Crippen LogP contribution in [0.2, 0.25) is 10.0 Å². The van der Waals surface area contributed by atoms with Crippen LogP contribution in [0.25, 0.3) is 5.69 Å². The number of halogens is 2. The van der Waals surface area contributed by atoms with Crippen molar-refractivity contribution in [1.82, 2.24) is 9.78 Å². The van der Waals surface area contributed by atoms with E-state index >= 15 is 0 Å². The smallest absolute Gasteiger partial charge is 0.133 e. The SMILES string of the molecule is Clc1cccc(-n2nc(C3CCCC3)c3c2NCC3)c1Cl. The van der Waals surface area contributed by atoms with E-state index in [4.69, 9.17) is 28.3 Å². The fourth-order valence-electron chi connectivity index (χ4n) is 3.56. The van der Waals surface area contributed by atoms with Crippen LogP contribution in [-0.4, -0.2) is 16.3 Å². The summed E-state index contributed by atoms with van der Waals surface area (Å²) in [4.78, 5) is 0. The summed E-state index contributed by atoms with van der Waals surface area (Å²) >= 11 is 12.5. The zero-order valence-corrected chi connectivity index (χ0v) is 13.2. The summed E-state index contributed by atoms with van der Waals surface area (Å²) in [7, 11) is 0. The Bertz CT molecular complexity index is 687.